The molecule has 0 spiro atoms. The smallest absolute Gasteiger partial charge is 0.218 e. The second-order valence-electron chi connectivity index (χ2n) is 7.53. The average Bonchev–Trinajstić information content (AvgIpc) is 2.79. The Balaban J connectivity index is 1.61. The van der Waals surface area contributed by atoms with Crippen molar-refractivity contribution in [3.63, 3.8) is 0 Å². The lowest BCUT2D eigenvalue weighted by atomic mass is 10.1. The maximum atomic E-state index is 11.1. The second kappa shape index (κ2) is 12.7. The molecule has 2 atom stereocenters. The number of ether oxygens (including phenoxy) is 2. The van der Waals surface area contributed by atoms with E-state index < -0.39 is 11.6 Å². The molecule has 2 unspecified atom stereocenters. The van der Waals surface area contributed by atoms with Gasteiger partial charge >= 0.3 is 0 Å². The predicted molar refractivity (Wildman–Crippen MR) is 139 cm³/mol. The van der Waals surface area contributed by atoms with Crippen molar-refractivity contribution in [2.24, 2.45) is 0 Å². The first-order chi connectivity index (χ1) is 16.2. The number of carbonyl (C=O) groups excluding carboxylic acids is 1. The van der Waals surface area contributed by atoms with Crippen molar-refractivity contribution in [1.82, 2.24) is 5.32 Å². The van der Waals surface area contributed by atoms with Crippen LogP contribution < -0.4 is 14.8 Å². The molecule has 0 aliphatic rings. The van der Waals surface area contributed by atoms with E-state index in [1.165, 1.54) is 6.92 Å². The Bertz CT molecular complexity index is 1130. The molecule has 180 valence electrons. The number of benzene rings is 3. The molecule has 5 nitrogen and oxygen atoms in total. The molecule has 0 fully saturated rings. The number of halogens is 4. The Morgan fingerprint density at radius 3 is 2.35 bits per heavy atom. The summed E-state index contributed by atoms with van der Waals surface area (Å²) in [4.78, 5) is 11.1. The Labute approximate surface area is 222 Å². The minimum atomic E-state index is -0.563. The van der Waals surface area contributed by atoms with E-state index in [4.69, 9.17) is 44.3 Å². The van der Waals surface area contributed by atoms with Crippen molar-refractivity contribution in [1.29, 1.82) is 0 Å². The van der Waals surface area contributed by atoms with Crippen LogP contribution >= 0.6 is 50.7 Å². The van der Waals surface area contributed by atoms with Crippen LogP contribution in [0.2, 0.25) is 10.0 Å². The van der Waals surface area contributed by atoms with E-state index in [0.29, 0.717) is 34.6 Å². The Morgan fingerprint density at radius 2 is 1.74 bits per heavy atom. The second-order valence-corrected chi connectivity index (χ2v) is 9.73. The molecule has 9 heteroatoms. The molecule has 2 N–H and O–H groups in total. The van der Waals surface area contributed by atoms with E-state index in [1.807, 2.05) is 42.5 Å². The minimum absolute atomic E-state index is 0.185. The molecule has 0 aliphatic heterocycles. The highest BCUT2D eigenvalue weighted by atomic mass is 79.9. The first kappa shape index (κ1) is 26.6. The van der Waals surface area contributed by atoms with Crippen molar-refractivity contribution in [2.75, 3.05) is 6.61 Å². The normalized spacial score (nSPS) is 12.6. The molecular weight excluding hydrogens is 565 g/mol. The summed E-state index contributed by atoms with van der Waals surface area (Å²) in [5, 5.41) is 13.5. The van der Waals surface area contributed by atoms with Gasteiger partial charge in [-0.25, -0.2) is 0 Å². The summed E-state index contributed by atoms with van der Waals surface area (Å²) >= 11 is 21.6. The number of amides is 1. The fraction of sp³-hybridized carbons (Fsp3) is 0.240. The van der Waals surface area contributed by atoms with Gasteiger partial charge in [-0.15, -0.1) is 0 Å². The van der Waals surface area contributed by atoms with Gasteiger partial charge in [-0.3, -0.25) is 4.79 Å². The predicted octanol–water partition coefficient (Wildman–Crippen LogP) is 6.69. The van der Waals surface area contributed by atoms with Gasteiger partial charge in [0, 0.05) is 13.3 Å². The molecule has 3 aromatic rings. The van der Waals surface area contributed by atoms with Crippen LogP contribution in [-0.2, 0) is 17.8 Å². The van der Waals surface area contributed by atoms with Crippen LogP contribution in [0.3, 0.4) is 0 Å². The Hall–Kier alpha value is -1.96. The molecule has 0 aromatic heterocycles. The Morgan fingerprint density at radius 1 is 1.03 bits per heavy atom. The summed E-state index contributed by atoms with van der Waals surface area (Å²) < 4.78 is 12.6. The number of carbonyl (C=O) groups is 1. The zero-order valence-electron chi connectivity index (χ0n) is 18.2. The molecule has 0 heterocycles. The van der Waals surface area contributed by atoms with E-state index in [1.54, 1.807) is 18.2 Å². The summed E-state index contributed by atoms with van der Waals surface area (Å²) in [6, 6.07) is 18.2. The van der Waals surface area contributed by atoms with E-state index in [0.717, 1.165) is 21.2 Å². The van der Waals surface area contributed by atoms with Crippen molar-refractivity contribution in [2.45, 2.75) is 31.6 Å². The Kier molecular flexibility index (Phi) is 9.92. The van der Waals surface area contributed by atoms with Gasteiger partial charge in [-0.05, 0) is 69.0 Å². The monoisotopic (exact) mass is 585 g/mol. The van der Waals surface area contributed by atoms with Crippen molar-refractivity contribution in [3.05, 3.63) is 91.9 Å². The minimum Gasteiger partial charge on any atom is -0.489 e. The van der Waals surface area contributed by atoms with Crippen LogP contribution in [0, 0.1) is 0 Å². The van der Waals surface area contributed by atoms with Crippen molar-refractivity contribution < 1.29 is 19.4 Å². The summed E-state index contributed by atoms with van der Waals surface area (Å²) in [6.45, 7) is 1.57. The van der Waals surface area contributed by atoms with Gasteiger partial charge in [-0.2, -0.15) is 0 Å². The SMILES string of the molecule is CC(=O)NC(Cl)Cc1ccc(OC(CO)c2ccc(OCc3ccc(Cl)c(Cl)c3)cc2)c(Br)c1. The lowest BCUT2D eigenvalue weighted by Crippen LogP contribution is -2.30. The van der Waals surface area contributed by atoms with E-state index in [-0.39, 0.29) is 12.5 Å². The average molecular weight is 588 g/mol. The maximum Gasteiger partial charge on any atom is 0.218 e. The van der Waals surface area contributed by atoms with Gasteiger partial charge in [0.25, 0.3) is 0 Å². The zero-order valence-corrected chi connectivity index (χ0v) is 22.1. The lowest BCUT2D eigenvalue weighted by molar-refractivity contribution is -0.119. The van der Waals surface area contributed by atoms with E-state index in [9.17, 15) is 9.90 Å². The molecule has 0 aliphatic carbocycles. The van der Waals surface area contributed by atoms with Gasteiger partial charge in [0.1, 0.15) is 29.7 Å². The highest BCUT2D eigenvalue weighted by Crippen LogP contribution is 2.31. The van der Waals surface area contributed by atoms with Crippen molar-refractivity contribution >= 4 is 56.6 Å². The largest absolute Gasteiger partial charge is 0.489 e. The lowest BCUT2D eigenvalue weighted by Gasteiger charge is -2.19. The third-order valence-corrected chi connectivity index (χ3v) is 6.47. The fourth-order valence-corrected chi connectivity index (χ4v) is 4.36. The quantitative estimate of drug-likeness (QED) is 0.205. The number of hydrogen-bond acceptors (Lipinski definition) is 4. The standard InChI is InChI=1S/C25H23BrCl3NO4/c1-15(32)30-25(29)12-16-3-9-23(20(26)10-16)34-24(13-31)18-4-6-19(7-5-18)33-14-17-2-8-21(27)22(28)11-17/h2-11,24-25,31H,12-14H2,1H3,(H,30,32). The highest BCUT2D eigenvalue weighted by Gasteiger charge is 2.16. The van der Waals surface area contributed by atoms with E-state index >= 15 is 0 Å². The fourth-order valence-electron chi connectivity index (χ4n) is 3.18. The molecule has 34 heavy (non-hydrogen) atoms. The van der Waals surface area contributed by atoms with Crippen molar-refractivity contribution in [3.8, 4) is 11.5 Å². The number of aliphatic hydroxyl groups excluding tert-OH is 1. The van der Waals surface area contributed by atoms with Gasteiger partial charge in [0.2, 0.25) is 5.91 Å². The topological polar surface area (TPSA) is 67.8 Å². The van der Waals surface area contributed by atoms with Gasteiger partial charge < -0.3 is 19.9 Å². The molecule has 3 aromatic carbocycles. The number of rotatable bonds is 10. The molecule has 0 radical (unpaired) electrons. The summed E-state index contributed by atoms with van der Waals surface area (Å²) in [5.74, 6) is 1.07. The first-order valence-corrected chi connectivity index (χ1v) is 12.4. The van der Waals surface area contributed by atoms with Crippen LogP contribution in [0.25, 0.3) is 0 Å². The number of hydrogen-bond donors (Lipinski definition) is 2. The first-order valence-electron chi connectivity index (χ1n) is 10.4. The highest BCUT2D eigenvalue weighted by molar-refractivity contribution is 9.10. The molecule has 0 saturated carbocycles. The molecule has 0 saturated heterocycles. The van der Waals surface area contributed by atoms with Gasteiger partial charge in [0.05, 0.1) is 21.1 Å². The molecule has 0 bridgehead atoms. The van der Waals surface area contributed by atoms with Crippen LogP contribution in [0.4, 0.5) is 0 Å². The maximum absolute atomic E-state index is 11.1. The summed E-state index contributed by atoms with van der Waals surface area (Å²) in [5.41, 5.74) is 2.13. The van der Waals surface area contributed by atoms with Crippen LogP contribution in [0.15, 0.2) is 65.1 Å². The van der Waals surface area contributed by atoms with Crippen LogP contribution in [0.1, 0.15) is 29.7 Å². The van der Waals surface area contributed by atoms with Crippen LogP contribution in [0.5, 0.6) is 11.5 Å². The molecule has 3 rings (SSSR count). The number of alkyl halides is 1. The zero-order chi connectivity index (χ0) is 24.7. The summed E-state index contributed by atoms with van der Waals surface area (Å²) in [6.07, 6.45) is -0.0981. The third-order valence-electron chi connectivity index (χ3n) is 4.85. The summed E-state index contributed by atoms with van der Waals surface area (Å²) in [7, 11) is 0. The van der Waals surface area contributed by atoms with Crippen LogP contribution in [-0.4, -0.2) is 23.1 Å². The third kappa shape index (κ3) is 7.79. The number of aliphatic hydroxyl groups is 1. The van der Waals surface area contributed by atoms with Gasteiger partial charge in [-0.1, -0.05) is 59.1 Å². The van der Waals surface area contributed by atoms with Gasteiger partial charge in [0.15, 0.2) is 0 Å². The number of nitrogens with one attached hydrogen (secondary N) is 1. The molecular formula is C25H23BrCl3NO4. The molecule has 1 amide bonds. The van der Waals surface area contributed by atoms with E-state index in [2.05, 4.69) is 21.2 Å².